The molecule has 0 bridgehead atoms. The molecule has 0 radical (unpaired) electrons. The first kappa shape index (κ1) is 11.9. The maximum atomic E-state index is 6.28. The Morgan fingerprint density at radius 2 is 2.07 bits per heavy atom. The quantitative estimate of drug-likeness (QED) is 0.748. The molecule has 14 heavy (non-hydrogen) atoms. The summed E-state index contributed by atoms with van der Waals surface area (Å²) in [5, 5.41) is 1.18. The first-order chi connectivity index (χ1) is 6.43. The van der Waals surface area contributed by atoms with E-state index in [1.165, 1.54) is 11.5 Å². The molecule has 0 fully saturated rings. The second kappa shape index (κ2) is 4.58. The molecular formula is C10H17ClN2S. The predicted molar refractivity (Wildman–Crippen MR) is 62.1 cm³/mol. The van der Waals surface area contributed by atoms with Gasteiger partial charge in [-0.05, 0) is 16.9 Å². The van der Waals surface area contributed by atoms with Gasteiger partial charge in [-0.3, -0.25) is 0 Å². The van der Waals surface area contributed by atoms with E-state index in [0.717, 1.165) is 23.7 Å². The van der Waals surface area contributed by atoms with Crippen LogP contribution < -0.4 is 0 Å². The third-order valence-electron chi connectivity index (χ3n) is 2.12. The summed E-state index contributed by atoms with van der Waals surface area (Å²) in [5.41, 5.74) is 0.125. The van der Waals surface area contributed by atoms with Crippen LogP contribution in [0.2, 0.25) is 0 Å². The monoisotopic (exact) mass is 232 g/mol. The van der Waals surface area contributed by atoms with Crippen LogP contribution in [0.1, 0.15) is 38.5 Å². The van der Waals surface area contributed by atoms with Crippen molar-refractivity contribution < 1.29 is 0 Å². The zero-order valence-corrected chi connectivity index (χ0v) is 10.7. The number of aryl methyl sites for hydroxylation is 1. The van der Waals surface area contributed by atoms with Gasteiger partial charge in [0.2, 0.25) is 0 Å². The number of hydrogen-bond donors (Lipinski definition) is 0. The van der Waals surface area contributed by atoms with E-state index in [2.05, 4.69) is 37.1 Å². The lowest BCUT2D eigenvalue weighted by Crippen LogP contribution is -2.22. The summed E-state index contributed by atoms with van der Waals surface area (Å²) >= 11 is 7.76. The summed E-state index contributed by atoms with van der Waals surface area (Å²) in [4.78, 5) is 4.41. The topological polar surface area (TPSA) is 25.8 Å². The van der Waals surface area contributed by atoms with Gasteiger partial charge in [-0.1, -0.05) is 27.7 Å². The summed E-state index contributed by atoms with van der Waals surface area (Å²) in [7, 11) is 0. The summed E-state index contributed by atoms with van der Waals surface area (Å²) in [6.45, 7) is 8.50. The Morgan fingerprint density at radius 1 is 1.43 bits per heavy atom. The molecule has 0 spiro atoms. The summed E-state index contributed by atoms with van der Waals surface area (Å²) in [5.74, 6) is 0.933. The average molecular weight is 233 g/mol. The third-order valence-corrected chi connectivity index (χ3v) is 3.70. The van der Waals surface area contributed by atoms with Crippen molar-refractivity contribution in [2.24, 2.45) is 5.41 Å². The zero-order chi connectivity index (χ0) is 10.8. The maximum absolute atomic E-state index is 6.28. The van der Waals surface area contributed by atoms with E-state index in [1.54, 1.807) is 0 Å². The molecule has 0 aliphatic heterocycles. The minimum absolute atomic E-state index is 0.125. The Morgan fingerprint density at radius 3 is 2.50 bits per heavy atom. The largest absolute Gasteiger partial charge is 0.225 e. The average Bonchev–Trinajstić information content (AvgIpc) is 2.50. The summed E-state index contributed by atoms with van der Waals surface area (Å²) in [6.07, 6.45) is 1.72. The van der Waals surface area contributed by atoms with Crippen LogP contribution in [0.25, 0.3) is 0 Å². The van der Waals surface area contributed by atoms with Crippen LogP contribution >= 0.6 is 23.1 Å². The maximum Gasteiger partial charge on any atom is 0.142 e. The highest BCUT2D eigenvalue weighted by atomic mass is 35.5. The van der Waals surface area contributed by atoms with Gasteiger partial charge in [0.25, 0.3) is 0 Å². The molecule has 0 saturated carbocycles. The van der Waals surface area contributed by atoms with Crippen molar-refractivity contribution in [3.8, 4) is 0 Å². The first-order valence-corrected chi connectivity index (χ1v) is 6.10. The third kappa shape index (κ3) is 3.21. The summed E-state index contributed by atoms with van der Waals surface area (Å²) in [6, 6.07) is 0. The molecule has 0 aliphatic rings. The fourth-order valence-corrected chi connectivity index (χ4v) is 1.98. The second-order valence-corrected chi connectivity index (χ2v) is 5.86. The molecular weight excluding hydrogens is 216 g/mol. The zero-order valence-electron chi connectivity index (χ0n) is 9.17. The Balaban J connectivity index is 2.60. The second-order valence-electron chi connectivity index (χ2n) is 4.50. The Kier molecular flexibility index (Phi) is 3.90. The van der Waals surface area contributed by atoms with Crippen molar-refractivity contribution in [2.45, 2.75) is 45.9 Å². The molecule has 1 heterocycles. The van der Waals surface area contributed by atoms with Crippen LogP contribution in [0, 0.1) is 5.41 Å². The van der Waals surface area contributed by atoms with E-state index in [1.807, 2.05) is 0 Å². The van der Waals surface area contributed by atoms with Gasteiger partial charge in [-0.2, -0.15) is 4.37 Å². The molecule has 4 heteroatoms. The molecule has 1 aromatic rings. The van der Waals surface area contributed by atoms with Gasteiger partial charge in [0, 0.05) is 18.2 Å². The van der Waals surface area contributed by atoms with Crippen molar-refractivity contribution in [3.05, 3.63) is 10.8 Å². The van der Waals surface area contributed by atoms with E-state index in [9.17, 15) is 0 Å². The number of halogens is 1. The number of aromatic nitrogens is 2. The van der Waals surface area contributed by atoms with Crippen LogP contribution in [0.3, 0.4) is 0 Å². The molecule has 1 aromatic heterocycles. The smallest absolute Gasteiger partial charge is 0.142 e. The molecule has 0 amide bonds. The summed E-state index contributed by atoms with van der Waals surface area (Å²) < 4.78 is 4.24. The lowest BCUT2D eigenvalue weighted by Gasteiger charge is -2.23. The van der Waals surface area contributed by atoms with Crippen molar-refractivity contribution in [3.63, 3.8) is 0 Å². The van der Waals surface area contributed by atoms with Gasteiger partial charge in [0.05, 0.1) is 0 Å². The van der Waals surface area contributed by atoms with Crippen molar-refractivity contribution >= 4 is 23.1 Å². The van der Waals surface area contributed by atoms with Crippen molar-refractivity contribution in [2.75, 3.05) is 0 Å². The van der Waals surface area contributed by atoms with Gasteiger partial charge < -0.3 is 0 Å². The molecule has 1 rings (SSSR count). The van der Waals surface area contributed by atoms with Crippen LogP contribution in [0.15, 0.2) is 0 Å². The number of rotatable bonds is 3. The molecule has 2 nitrogen and oxygen atoms in total. The SMILES string of the molecule is CCc1nsc(CC(Cl)C(C)(C)C)n1. The minimum Gasteiger partial charge on any atom is -0.225 e. The van der Waals surface area contributed by atoms with Gasteiger partial charge in [0.1, 0.15) is 10.8 Å². The molecule has 0 aliphatic carbocycles. The molecule has 0 N–H and O–H groups in total. The Hall–Kier alpha value is -0.150. The van der Waals surface area contributed by atoms with E-state index >= 15 is 0 Å². The first-order valence-electron chi connectivity index (χ1n) is 4.89. The van der Waals surface area contributed by atoms with Crippen LogP contribution in [-0.4, -0.2) is 14.7 Å². The predicted octanol–water partition coefficient (Wildman–Crippen LogP) is 3.30. The van der Waals surface area contributed by atoms with Gasteiger partial charge in [0.15, 0.2) is 0 Å². The van der Waals surface area contributed by atoms with Crippen LogP contribution in [0.5, 0.6) is 0 Å². The van der Waals surface area contributed by atoms with Crippen LogP contribution in [-0.2, 0) is 12.8 Å². The van der Waals surface area contributed by atoms with Crippen LogP contribution in [0.4, 0.5) is 0 Å². The molecule has 80 valence electrons. The van der Waals surface area contributed by atoms with E-state index in [4.69, 9.17) is 11.6 Å². The van der Waals surface area contributed by atoms with Crippen molar-refractivity contribution in [1.82, 2.24) is 9.36 Å². The highest BCUT2D eigenvalue weighted by Crippen LogP contribution is 2.27. The van der Waals surface area contributed by atoms with E-state index in [0.29, 0.717) is 0 Å². The van der Waals surface area contributed by atoms with E-state index in [-0.39, 0.29) is 10.8 Å². The molecule has 0 saturated heterocycles. The van der Waals surface area contributed by atoms with Gasteiger partial charge >= 0.3 is 0 Å². The lowest BCUT2D eigenvalue weighted by atomic mass is 9.90. The number of alkyl halides is 1. The fourth-order valence-electron chi connectivity index (χ4n) is 0.976. The highest BCUT2D eigenvalue weighted by molar-refractivity contribution is 7.05. The van der Waals surface area contributed by atoms with Crippen molar-refractivity contribution in [1.29, 1.82) is 0 Å². The lowest BCUT2D eigenvalue weighted by molar-refractivity contribution is 0.386. The Labute approximate surface area is 94.9 Å². The highest BCUT2D eigenvalue weighted by Gasteiger charge is 2.23. The molecule has 1 atom stereocenters. The molecule has 1 unspecified atom stereocenters. The van der Waals surface area contributed by atoms with Gasteiger partial charge in [-0.15, -0.1) is 11.6 Å². The fraction of sp³-hybridized carbons (Fsp3) is 0.800. The number of nitrogens with zero attached hydrogens (tertiary/aromatic N) is 2. The van der Waals surface area contributed by atoms with Gasteiger partial charge in [-0.25, -0.2) is 4.98 Å². The standard InChI is InChI=1S/C10H17ClN2S/c1-5-8-12-9(14-13-8)6-7(11)10(2,3)4/h7H,5-6H2,1-4H3. The number of hydrogen-bond acceptors (Lipinski definition) is 3. The normalized spacial score (nSPS) is 14.4. The Bertz CT molecular complexity index is 291. The minimum atomic E-state index is 0.125. The van der Waals surface area contributed by atoms with E-state index < -0.39 is 0 Å². The molecule has 0 aromatic carbocycles.